The minimum Gasteiger partial charge on any atom is -0.484 e. The van der Waals surface area contributed by atoms with E-state index in [2.05, 4.69) is 17.1 Å². The molecular weight excluding hydrogens is 412 g/mol. The van der Waals surface area contributed by atoms with Crippen LogP contribution >= 0.6 is 0 Å². The molecule has 2 amide bonds. The lowest BCUT2D eigenvalue weighted by molar-refractivity contribution is -0.135. The zero-order chi connectivity index (χ0) is 23.1. The number of rotatable bonds is 7. The standard InChI is InChI=1S/C23H32N4O5/c1-5-6-7-19-24-21(25-32-19)17-8-10-18(11-9-17)30-16-20(28)26-12-14-27(15-13-26)22(29)31-23(2,3)4/h8-11H,5-7,12-16H2,1-4H3. The van der Waals surface area contributed by atoms with Crippen LogP contribution in [0.15, 0.2) is 28.8 Å². The summed E-state index contributed by atoms with van der Waals surface area (Å²) in [5.41, 5.74) is 0.294. The minimum absolute atomic E-state index is 0.0604. The van der Waals surface area contributed by atoms with Gasteiger partial charge in [0.2, 0.25) is 11.7 Å². The van der Waals surface area contributed by atoms with Crippen molar-refractivity contribution in [3.63, 3.8) is 0 Å². The molecule has 2 aromatic rings. The number of carbonyl (C=O) groups excluding carboxylic acids is 2. The first-order valence-electron chi connectivity index (χ1n) is 11.1. The maximum Gasteiger partial charge on any atom is 0.410 e. The van der Waals surface area contributed by atoms with Gasteiger partial charge in [-0.05, 0) is 51.5 Å². The molecule has 9 nitrogen and oxygen atoms in total. The van der Waals surface area contributed by atoms with Gasteiger partial charge >= 0.3 is 6.09 Å². The van der Waals surface area contributed by atoms with E-state index in [0.717, 1.165) is 24.8 Å². The van der Waals surface area contributed by atoms with Crippen molar-refractivity contribution in [2.45, 2.75) is 52.6 Å². The predicted molar refractivity (Wildman–Crippen MR) is 118 cm³/mol. The number of amides is 2. The quantitative estimate of drug-likeness (QED) is 0.644. The van der Waals surface area contributed by atoms with Gasteiger partial charge in [0.1, 0.15) is 11.4 Å². The predicted octanol–water partition coefficient (Wildman–Crippen LogP) is 3.54. The molecule has 0 radical (unpaired) electrons. The fraction of sp³-hybridized carbons (Fsp3) is 0.565. The molecule has 0 spiro atoms. The van der Waals surface area contributed by atoms with Crippen LogP contribution in [0.3, 0.4) is 0 Å². The van der Waals surface area contributed by atoms with Crippen molar-refractivity contribution in [2.24, 2.45) is 0 Å². The number of hydrogen-bond acceptors (Lipinski definition) is 7. The third-order valence-electron chi connectivity index (χ3n) is 4.97. The van der Waals surface area contributed by atoms with E-state index in [-0.39, 0.29) is 18.6 Å². The number of hydrogen-bond donors (Lipinski definition) is 0. The number of benzene rings is 1. The highest BCUT2D eigenvalue weighted by atomic mass is 16.6. The van der Waals surface area contributed by atoms with Gasteiger partial charge in [0.05, 0.1) is 0 Å². The van der Waals surface area contributed by atoms with E-state index in [9.17, 15) is 9.59 Å². The maximum atomic E-state index is 12.5. The number of ether oxygens (including phenoxy) is 2. The fourth-order valence-electron chi connectivity index (χ4n) is 3.20. The topological polar surface area (TPSA) is 98.0 Å². The molecule has 1 aliphatic rings. The summed E-state index contributed by atoms with van der Waals surface area (Å²) in [6.07, 6.45) is 2.51. The number of piperazine rings is 1. The Morgan fingerprint density at radius 2 is 1.72 bits per heavy atom. The van der Waals surface area contributed by atoms with Gasteiger partial charge in [0.15, 0.2) is 6.61 Å². The Kier molecular flexibility index (Phi) is 7.71. The number of nitrogens with zero attached hydrogens (tertiary/aromatic N) is 4. The molecule has 1 aliphatic heterocycles. The Bertz CT molecular complexity index is 896. The van der Waals surface area contributed by atoms with Crippen LogP contribution in [0.25, 0.3) is 11.4 Å². The summed E-state index contributed by atoms with van der Waals surface area (Å²) in [7, 11) is 0. The van der Waals surface area contributed by atoms with Crippen LogP contribution < -0.4 is 4.74 Å². The van der Waals surface area contributed by atoms with Crippen LogP contribution in [0.5, 0.6) is 5.75 Å². The van der Waals surface area contributed by atoms with Gasteiger partial charge < -0.3 is 23.8 Å². The Morgan fingerprint density at radius 3 is 2.34 bits per heavy atom. The lowest BCUT2D eigenvalue weighted by atomic mass is 10.2. The molecule has 0 N–H and O–H groups in total. The molecule has 0 unspecified atom stereocenters. The molecule has 1 aromatic carbocycles. The SMILES string of the molecule is CCCCc1nc(-c2ccc(OCC(=O)N3CCN(C(=O)OC(C)(C)C)CC3)cc2)no1. The number of carbonyl (C=O) groups is 2. The van der Waals surface area contributed by atoms with Crippen molar-refractivity contribution >= 4 is 12.0 Å². The summed E-state index contributed by atoms with van der Waals surface area (Å²) in [5.74, 6) is 1.65. The maximum absolute atomic E-state index is 12.5. The highest BCUT2D eigenvalue weighted by Crippen LogP contribution is 2.21. The Hall–Kier alpha value is -3.10. The van der Waals surface area contributed by atoms with Gasteiger partial charge in [-0.2, -0.15) is 4.98 Å². The van der Waals surface area contributed by atoms with Gasteiger partial charge in [-0.15, -0.1) is 0 Å². The largest absolute Gasteiger partial charge is 0.484 e. The smallest absolute Gasteiger partial charge is 0.410 e. The van der Waals surface area contributed by atoms with E-state index in [1.807, 2.05) is 32.9 Å². The molecule has 9 heteroatoms. The van der Waals surface area contributed by atoms with Crippen LogP contribution in [0.1, 0.15) is 46.4 Å². The van der Waals surface area contributed by atoms with Gasteiger partial charge in [0, 0.05) is 38.2 Å². The normalized spacial score (nSPS) is 14.4. The van der Waals surface area contributed by atoms with Crippen molar-refractivity contribution < 1.29 is 23.6 Å². The molecule has 1 fully saturated rings. The molecule has 32 heavy (non-hydrogen) atoms. The van der Waals surface area contributed by atoms with E-state index >= 15 is 0 Å². The van der Waals surface area contributed by atoms with Crippen molar-refractivity contribution in [3.8, 4) is 17.1 Å². The highest BCUT2D eigenvalue weighted by Gasteiger charge is 2.27. The van der Waals surface area contributed by atoms with Crippen molar-refractivity contribution in [3.05, 3.63) is 30.2 Å². The molecular formula is C23H32N4O5. The summed E-state index contributed by atoms with van der Waals surface area (Å²) in [4.78, 5) is 32.4. The monoisotopic (exact) mass is 444 g/mol. The van der Waals surface area contributed by atoms with Gasteiger partial charge in [0.25, 0.3) is 5.91 Å². The van der Waals surface area contributed by atoms with Crippen molar-refractivity contribution in [1.82, 2.24) is 19.9 Å². The summed E-state index contributed by atoms with van der Waals surface area (Å²) < 4.78 is 16.3. The van der Waals surface area contributed by atoms with Crippen molar-refractivity contribution in [2.75, 3.05) is 32.8 Å². The first-order chi connectivity index (χ1) is 15.2. The van der Waals surface area contributed by atoms with E-state index in [4.69, 9.17) is 14.0 Å². The number of aromatic nitrogens is 2. The lowest BCUT2D eigenvalue weighted by Gasteiger charge is -2.35. The second-order valence-electron chi connectivity index (χ2n) is 8.78. The van der Waals surface area contributed by atoms with Crippen LogP contribution in [-0.4, -0.2) is 70.3 Å². The third kappa shape index (κ3) is 6.70. The van der Waals surface area contributed by atoms with Gasteiger partial charge in [-0.1, -0.05) is 18.5 Å². The van der Waals surface area contributed by atoms with Crippen LogP contribution in [0, 0.1) is 0 Å². The molecule has 174 valence electrons. The molecule has 0 saturated carbocycles. The molecule has 1 aromatic heterocycles. The first kappa shape index (κ1) is 23.6. The zero-order valence-electron chi connectivity index (χ0n) is 19.3. The van der Waals surface area contributed by atoms with Gasteiger partial charge in [-0.3, -0.25) is 4.79 Å². The molecule has 0 atom stereocenters. The second kappa shape index (κ2) is 10.5. The summed E-state index contributed by atoms with van der Waals surface area (Å²) >= 11 is 0. The minimum atomic E-state index is -0.533. The van der Waals surface area contributed by atoms with Crippen LogP contribution in [-0.2, 0) is 16.0 Å². The highest BCUT2D eigenvalue weighted by molar-refractivity contribution is 5.78. The molecule has 0 bridgehead atoms. The third-order valence-corrected chi connectivity index (χ3v) is 4.97. The van der Waals surface area contributed by atoms with Gasteiger partial charge in [-0.25, -0.2) is 4.79 Å². The van der Waals surface area contributed by atoms with Crippen LogP contribution in [0.4, 0.5) is 4.79 Å². The zero-order valence-corrected chi connectivity index (χ0v) is 19.3. The van der Waals surface area contributed by atoms with E-state index in [1.54, 1.807) is 21.9 Å². The molecule has 1 saturated heterocycles. The molecule has 2 heterocycles. The average Bonchev–Trinajstić information content (AvgIpc) is 3.24. The summed E-state index contributed by atoms with van der Waals surface area (Å²) in [6.45, 7) is 9.36. The van der Waals surface area contributed by atoms with E-state index < -0.39 is 5.60 Å². The van der Waals surface area contributed by atoms with E-state index in [0.29, 0.717) is 43.6 Å². The summed E-state index contributed by atoms with van der Waals surface area (Å²) in [6, 6.07) is 7.25. The second-order valence-corrected chi connectivity index (χ2v) is 8.78. The van der Waals surface area contributed by atoms with E-state index in [1.165, 1.54) is 0 Å². The fourth-order valence-corrected chi connectivity index (χ4v) is 3.20. The van der Waals surface area contributed by atoms with Crippen LogP contribution in [0.2, 0.25) is 0 Å². The van der Waals surface area contributed by atoms with Crippen molar-refractivity contribution in [1.29, 1.82) is 0 Å². The lowest BCUT2D eigenvalue weighted by Crippen LogP contribution is -2.52. The average molecular weight is 445 g/mol. The Balaban J connectivity index is 1.44. The Labute approximate surface area is 188 Å². The summed E-state index contributed by atoms with van der Waals surface area (Å²) in [5, 5.41) is 4.02. The first-order valence-corrected chi connectivity index (χ1v) is 11.1. The number of aryl methyl sites for hydroxylation is 1. The molecule has 3 rings (SSSR count). The molecule has 0 aliphatic carbocycles. The Morgan fingerprint density at radius 1 is 1.06 bits per heavy atom. The number of unbranched alkanes of at least 4 members (excludes halogenated alkanes) is 1.